The van der Waals surface area contributed by atoms with Gasteiger partial charge in [0, 0.05) is 30.5 Å². The first-order chi connectivity index (χ1) is 17.0. The van der Waals surface area contributed by atoms with Gasteiger partial charge in [0.1, 0.15) is 6.61 Å². The minimum absolute atomic E-state index is 0.0167. The number of ether oxygens (including phenoxy) is 3. The Balaban J connectivity index is 1.25. The van der Waals surface area contributed by atoms with E-state index < -0.39 is 17.8 Å². The van der Waals surface area contributed by atoms with Crippen LogP contribution in [0.5, 0.6) is 17.2 Å². The molecule has 0 radical (unpaired) electrons. The third-order valence-electron chi connectivity index (χ3n) is 4.74. The maximum absolute atomic E-state index is 13.8. The molecule has 0 aliphatic carbocycles. The van der Waals surface area contributed by atoms with Gasteiger partial charge in [-0.3, -0.25) is 14.7 Å². The number of nitrogens with zero attached hydrogens (tertiary/aromatic N) is 3. The van der Waals surface area contributed by atoms with Crippen LogP contribution in [0.25, 0.3) is 0 Å². The van der Waals surface area contributed by atoms with E-state index in [2.05, 4.69) is 27.4 Å². The third kappa shape index (κ3) is 6.29. The molecule has 1 aliphatic rings. The van der Waals surface area contributed by atoms with Crippen molar-refractivity contribution in [3.05, 3.63) is 66.8 Å². The summed E-state index contributed by atoms with van der Waals surface area (Å²) in [6.45, 7) is 4.29. The van der Waals surface area contributed by atoms with Crippen LogP contribution in [-0.4, -0.2) is 39.2 Å². The first-order valence-electron chi connectivity index (χ1n) is 10.6. The van der Waals surface area contributed by atoms with E-state index in [9.17, 15) is 14.0 Å². The van der Waals surface area contributed by atoms with E-state index in [1.165, 1.54) is 23.9 Å². The number of amides is 3. The van der Waals surface area contributed by atoms with Crippen LogP contribution in [0.4, 0.5) is 14.9 Å². The van der Waals surface area contributed by atoms with Gasteiger partial charge in [0.25, 0.3) is 0 Å². The maximum Gasteiger partial charge on any atom is 0.325 e. The summed E-state index contributed by atoms with van der Waals surface area (Å²) < 4.78 is 31.6. The summed E-state index contributed by atoms with van der Waals surface area (Å²) in [7, 11) is 0. The van der Waals surface area contributed by atoms with Gasteiger partial charge in [0.15, 0.2) is 34.0 Å². The standard InChI is InChI=1S/C23H22FN5O5S/c1-2-10-29-20(13-32-17-6-4-3-5-16(17)24)27-28-23(29)35-11-9-21(30)26-22(31)25-15-7-8-18-19(12-15)34-14-33-18/h2-8,12H,1,9-11,13-14H2,(H2,25,26,30,31). The second-order valence-electron chi connectivity index (χ2n) is 7.19. The Morgan fingerprint density at radius 3 is 2.86 bits per heavy atom. The number of carbonyl (C=O) groups is 2. The molecule has 2 heterocycles. The molecule has 182 valence electrons. The van der Waals surface area contributed by atoms with E-state index in [4.69, 9.17) is 14.2 Å². The summed E-state index contributed by atoms with van der Waals surface area (Å²) >= 11 is 1.29. The minimum atomic E-state index is -0.652. The highest BCUT2D eigenvalue weighted by atomic mass is 32.2. The molecule has 2 aromatic carbocycles. The first kappa shape index (κ1) is 24.1. The van der Waals surface area contributed by atoms with E-state index in [1.54, 1.807) is 41.0 Å². The zero-order valence-corrected chi connectivity index (χ0v) is 19.3. The lowest BCUT2D eigenvalue weighted by molar-refractivity contribution is -0.119. The number of hydrogen-bond acceptors (Lipinski definition) is 8. The largest absolute Gasteiger partial charge is 0.483 e. The number of urea groups is 1. The van der Waals surface area contributed by atoms with Crippen molar-refractivity contribution in [1.82, 2.24) is 20.1 Å². The van der Waals surface area contributed by atoms with Gasteiger partial charge in [-0.15, -0.1) is 16.8 Å². The topological polar surface area (TPSA) is 117 Å². The number of carbonyl (C=O) groups excluding carboxylic acids is 2. The Labute approximate surface area is 204 Å². The molecule has 35 heavy (non-hydrogen) atoms. The lowest BCUT2D eigenvalue weighted by Crippen LogP contribution is -2.34. The normalized spacial score (nSPS) is 11.7. The van der Waals surface area contributed by atoms with Gasteiger partial charge in [-0.1, -0.05) is 30.0 Å². The summed E-state index contributed by atoms with van der Waals surface area (Å²) in [6.07, 6.45) is 1.74. The van der Waals surface area contributed by atoms with Gasteiger partial charge in [0.05, 0.1) is 0 Å². The highest BCUT2D eigenvalue weighted by Gasteiger charge is 2.16. The predicted octanol–water partition coefficient (Wildman–Crippen LogP) is 3.74. The number of rotatable bonds is 10. The molecule has 0 saturated heterocycles. The molecular formula is C23H22FN5O5S. The number of allylic oxidation sites excluding steroid dienone is 1. The minimum Gasteiger partial charge on any atom is -0.483 e. The summed E-state index contributed by atoms with van der Waals surface area (Å²) in [4.78, 5) is 24.3. The molecule has 0 unspecified atom stereocenters. The summed E-state index contributed by atoms with van der Waals surface area (Å²) in [6, 6.07) is 10.4. The number of imide groups is 1. The van der Waals surface area contributed by atoms with Crippen molar-refractivity contribution in [2.45, 2.75) is 24.7 Å². The highest BCUT2D eigenvalue weighted by molar-refractivity contribution is 7.99. The lowest BCUT2D eigenvalue weighted by atomic mass is 10.3. The fourth-order valence-corrected chi connectivity index (χ4v) is 4.01. The molecule has 0 fully saturated rings. The maximum atomic E-state index is 13.8. The second-order valence-corrected chi connectivity index (χ2v) is 8.25. The van der Waals surface area contributed by atoms with Gasteiger partial charge in [0.2, 0.25) is 12.7 Å². The number of thioether (sulfide) groups is 1. The Morgan fingerprint density at radius 1 is 1.20 bits per heavy atom. The summed E-state index contributed by atoms with van der Waals surface area (Å²) in [5, 5.41) is 13.7. The zero-order chi connectivity index (χ0) is 24.6. The van der Waals surface area contributed by atoms with Crippen molar-refractivity contribution in [2.24, 2.45) is 0 Å². The van der Waals surface area contributed by atoms with E-state index in [-0.39, 0.29) is 25.6 Å². The van der Waals surface area contributed by atoms with Crippen LogP contribution >= 0.6 is 11.8 Å². The van der Waals surface area contributed by atoms with Gasteiger partial charge in [-0.05, 0) is 24.3 Å². The molecule has 2 N–H and O–H groups in total. The lowest BCUT2D eigenvalue weighted by Gasteiger charge is -2.10. The predicted molar refractivity (Wildman–Crippen MR) is 126 cm³/mol. The molecule has 4 rings (SSSR count). The van der Waals surface area contributed by atoms with Gasteiger partial charge in [-0.2, -0.15) is 0 Å². The number of aromatic nitrogens is 3. The molecule has 0 bridgehead atoms. The van der Waals surface area contributed by atoms with Crippen LogP contribution in [-0.2, 0) is 17.9 Å². The molecule has 10 nitrogen and oxygen atoms in total. The van der Waals surface area contributed by atoms with Gasteiger partial charge < -0.3 is 19.5 Å². The van der Waals surface area contributed by atoms with Crippen molar-refractivity contribution in [2.75, 3.05) is 17.9 Å². The van der Waals surface area contributed by atoms with Crippen molar-refractivity contribution >= 4 is 29.4 Å². The van der Waals surface area contributed by atoms with Gasteiger partial charge in [-0.25, -0.2) is 9.18 Å². The van der Waals surface area contributed by atoms with Crippen molar-refractivity contribution in [1.29, 1.82) is 0 Å². The second kappa shape index (κ2) is 11.4. The number of fused-ring (bicyclic) bond motifs is 1. The fourth-order valence-electron chi connectivity index (χ4n) is 3.11. The highest BCUT2D eigenvalue weighted by Crippen LogP contribution is 2.34. The van der Waals surface area contributed by atoms with Crippen LogP contribution in [0.3, 0.4) is 0 Å². The van der Waals surface area contributed by atoms with E-state index in [0.717, 1.165) is 0 Å². The van der Waals surface area contributed by atoms with Crippen LogP contribution in [0, 0.1) is 5.82 Å². The van der Waals surface area contributed by atoms with E-state index in [0.29, 0.717) is 40.5 Å². The van der Waals surface area contributed by atoms with Crippen molar-refractivity contribution < 1.29 is 28.2 Å². The Bertz CT molecular complexity index is 1230. The molecule has 1 aliphatic heterocycles. The molecule has 0 saturated carbocycles. The zero-order valence-electron chi connectivity index (χ0n) is 18.5. The monoisotopic (exact) mass is 499 g/mol. The Hall–Kier alpha value is -4.06. The number of halogens is 1. The third-order valence-corrected chi connectivity index (χ3v) is 5.71. The molecule has 12 heteroatoms. The van der Waals surface area contributed by atoms with E-state index in [1.807, 2.05) is 0 Å². The SMILES string of the molecule is C=CCn1c(COc2ccccc2F)nnc1SCCC(=O)NC(=O)Nc1ccc2c(c1)OCO2. The Kier molecular flexibility index (Phi) is 7.83. The Morgan fingerprint density at radius 2 is 2.03 bits per heavy atom. The molecular weight excluding hydrogens is 477 g/mol. The first-order valence-corrected chi connectivity index (χ1v) is 11.6. The number of benzene rings is 2. The van der Waals surface area contributed by atoms with Crippen LogP contribution in [0.2, 0.25) is 0 Å². The van der Waals surface area contributed by atoms with Crippen molar-refractivity contribution in [3.8, 4) is 17.2 Å². The average molecular weight is 500 g/mol. The summed E-state index contributed by atoms with van der Waals surface area (Å²) in [5.74, 6) is 1.16. The quantitative estimate of drug-likeness (QED) is 0.320. The summed E-state index contributed by atoms with van der Waals surface area (Å²) in [5.41, 5.74) is 0.469. The molecule has 3 amide bonds. The molecule has 1 aromatic heterocycles. The molecule has 3 aromatic rings. The fraction of sp³-hybridized carbons (Fsp3) is 0.217. The van der Waals surface area contributed by atoms with Gasteiger partial charge >= 0.3 is 6.03 Å². The number of para-hydroxylation sites is 1. The number of hydrogen-bond donors (Lipinski definition) is 2. The van der Waals surface area contributed by atoms with Crippen LogP contribution in [0.1, 0.15) is 12.2 Å². The number of nitrogens with one attached hydrogen (secondary N) is 2. The average Bonchev–Trinajstić information content (AvgIpc) is 3.45. The molecule has 0 atom stereocenters. The van der Waals surface area contributed by atoms with Crippen molar-refractivity contribution in [3.63, 3.8) is 0 Å². The number of anilines is 1. The van der Waals surface area contributed by atoms with Crippen LogP contribution in [0.15, 0.2) is 60.3 Å². The smallest absolute Gasteiger partial charge is 0.325 e. The molecule has 0 spiro atoms. The van der Waals surface area contributed by atoms with Crippen LogP contribution < -0.4 is 24.8 Å². The van der Waals surface area contributed by atoms with E-state index >= 15 is 0 Å².